The molecule has 2 atom stereocenters. The van der Waals surface area contributed by atoms with E-state index in [1.54, 1.807) is 0 Å². The van der Waals surface area contributed by atoms with Crippen LogP contribution in [-0.2, 0) is 54.7 Å². The van der Waals surface area contributed by atoms with Crippen molar-refractivity contribution < 1.29 is 23.7 Å². The van der Waals surface area contributed by atoms with Crippen LogP contribution in [0.4, 0.5) is 0 Å². The number of rotatable bonds is 23. The molecule has 0 heterocycles. The maximum Gasteiger partial charge on any atom is 0.143 e. The smallest absolute Gasteiger partial charge is 0.143 e. The Kier molecular flexibility index (Phi) is 16.1. The van der Waals surface area contributed by atoms with Gasteiger partial charge in [-0.1, -0.05) is 273 Å². The molecule has 0 aliphatic heterocycles. The van der Waals surface area contributed by atoms with Crippen molar-refractivity contribution in [1.82, 2.24) is 0 Å². The molecule has 5 nitrogen and oxygen atoms in total. The van der Waals surface area contributed by atoms with Crippen molar-refractivity contribution in [2.24, 2.45) is 0 Å². The first-order chi connectivity index (χ1) is 34.2. The Labute approximate surface area is 407 Å². The van der Waals surface area contributed by atoms with Gasteiger partial charge in [0, 0.05) is 0 Å². The second-order valence-corrected chi connectivity index (χ2v) is 17.1. The normalized spacial score (nSPS) is 13.0. The molecule has 0 saturated heterocycles. The van der Waals surface area contributed by atoms with Crippen LogP contribution in [0.3, 0.4) is 0 Å². The summed E-state index contributed by atoms with van der Waals surface area (Å²) in [4.78, 5) is 0. The monoisotopic (exact) mass is 906 g/mol. The van der Waals surface area contributed by atoms with E-state index in [4.69, 9.17) is 23.7 Å². The molecular weight excluding hydrogens is 849 g/mol. The minimum atomic E-state index is -1.03. The van der Waals surface area contributed by atoms with Crippen LogP contribution in [-0.4, -0.2) is 31.5 Å². The van der Waals surface area contributed by atoms with Gasteiger partial charge in [-0.15, -0.1) is 0 Å². The fourth-order valence-electron chi connectivity index (χ4n) is 9.20. The Bertz CT molecular complexity index is 2450. The molecule has 0 amide bonds. The van der Waals surface area contributed by atoms with Gasteiger partial charge in [0.2, 0.25) is 0 Å². The topological polar surface area (TPSA) is 46.2 Å². The Balaban J connectivity index is 1.19. The molecule has 5 heteroatoms. The fraction of sp³-hybridized carbons (Fsp3) is 0.156. The molecule has 0 aliphatic rings. The van der Waals surface area contributed by atoms with Crippen molar-refractivity contribution in [3.8, 4) is 0 Å². The summed E-state index contributed by atoms with van der Waals surface area (Å²) in [5.41, 5.74) is 6.96. The van der Waals surface area contributed by atoms with Crippen molar-refractivity contribution in [1.29, 1.82) is 0 Å². The molecule has 0 N–H and O–H groups in total. The largest absolute Gasteiger partial charge is 0.368 e. The van der Waals surface area contributed by atoms with Crippen LogP contribution in [0.2, 0.25) is 0 Å². The molecule has 2 unspecified atom stereocenters. The molecule has 0 aromatic heterocycles. The number of benzene rings is 9. The second kappa shape index (κ2) is 23.7. The lowest BCUT2D eigenvalue weighted by Gasteiger charge is -2.41. The summed E-state index contributed by atoms with van der Waals surface area (Å²) < 4.78 is 37.0. The minimum Gasteiger partial charge on any atom is -0.368 e. The zero-order valence-corrected chi connectivity index (χ0v) is 38.8. The Morgan fingerprint density at radius 2 is 0.449 bits per heavy atom. The number of hydrogen-bond donors (Lipinski definition) is 0. The molecule has 0 saturated carbocycles. The van der Waals surface area contributed by atoms with Crippen LogP contribution in [0.15, 0.2) is 273 Å². The Morgan fingerprint density at radius 3 is 0.681 bits per heavy atom. The van der Waals surface area contributed by atoms with Gasteiger partial charge >= 0.3 is 0 Å². The van der Waals surface area contributed by atoms with Gasteiger partial charge in [0.05, 0.1) is 33.0 Å². The fourth-order valence-corrected chi connectivity index (χ4v) is 9.20. The first-order valence-corrected chi connectivity index (χ1v) is 23.8. The van der Waals surface area contributed by atoms with Crippen LogP contribution in [0.1, 0.15) is 50.1 Å². The first-order valence-electron chi connectivity index (χ1n) is 23.8. The van der Waals surface area contributed by atoms with Crippen molar-refractivity contribution in [3.63, 3.8) is 0 Å². The van der Waals surface area contributed by atoms with Gasteiger partial charge < -0.3 is 23.7 Å². The zero-order chi connectivity index (χ0) is 46.8. The predicted molar refractivity (Wildman–Crippen MR) is 275 cm³/mol. The second-order valence-electron chi connectivity index (χ2n) is 17.1. The maximum atomic E-state index is 7.64. The molecule has 9 aromatic carbocycles. The average Bonchev–Trinajstić information content (AvgIpc) is 3.44. The van der Waals surface area contributed by atoms with Gasteiger partial charge in [-0.3, -0.25) is 0 Å². The third kappa shape index (κ3) is 11.4. The lowest BCUT2D eigenvalue weighted by atomic mass is 9.80. The van der Waals surface area contributed by atoms with Crippen LogP contribution >= 0.6 is 0 Å². The van der Waals surface area contributed by atoms with E-state index in [1.807, 2.05) is 91.0 Å². The van der Waals surface area contributed by atoms with E-state index < -0.39 is 29.5 Å². The Hall–Kier alpha value is -7.22. The van der Waals surface area contributed by atoms with E-state index >= 15 is 0 Å². The lowest BCUT2D eigenvalue weighted by Crippen LogP contribution is -2.49. The van der Waals surface area contributed by atoms with Crippen LogP contribution < -0.4 is 0 Å². The van der Waals surface area contributed by atoms with Crippen molar-refractivity contribution in [2.45, 2.75) is 49.3 Å². The molecule has 9 rings (SSSR count). The molecule has 9 aromatic rings. The molecule has 344 valence electrons. The van der Waals surface area contributed by atoms with Crippen molar-refractivity contribution in [3.05, 3.63) is 323 Å². The van der Waals surface area contributed by atoms with Gasteiger partial charge in [-0.2, -0.15) is 0 Å². The van der Waals surface area contributed by atoms with Crippen LogP contribution in [0.25, 0.3) is 0 Å². The van der Waals surface area contributed by atoms with E-state index in [-0.39, 0.29) is 13.2 Å². The molecular formula is C64H58O5. The van der Waals surface area contributed by atoms with Gasteiger partial charge in [-0.05, 0) is 50.1 Å². The highest BCUT2D eigenvalue weighted by Crippen LogP contribution is 2.43. The molecule has 0 spiro atoms. The van der Waals surface area contributed by atoms with E-state index in [0.717, 1.165) is 50.1 Å². The van der Waals surface area contributed by atoms with E-state index in [9.17, 15) is 0 Å². The van der Waals surface area contributed by atoms with Crippen LogP contribution in [0.5, 0.6) is 0 Å². The van der Waals surface area contributed by atoms with Crippen LogP contribution in [0, 0.1) is 0 Å². The highest BCUT2D eigenvalue weighted by atomic mass is 16.6. The third-order valence-corrected chi connectivity index (χ3v) is 12.6. The maximum absolute atomic E-state index is 7.64. The van der Waals surface area contributed by atoms with Gasteiger partial charge in [0.1, 0.15) is 29.5 Å². The third-order valence-electron chi connectivity index (χ3n) is 12.6. The van der Waals surface area contributed by atoms with E-state index in [0.29, 0.717) is 19.8 Å². The van der Waals surface area contributed by atoms with Gasteiger partial charge in [0.25, 0.3) is 0 Å². The Morgan fingerprint density at radius 1 is 0.246 bits per heavy atom. The standard InChI is InChI=1S/C64H58O5/c1-10-28-51(29-11-1)46-65-60(49-68-63(54-34-16-4-17-35-54,55-36-18-5-19-37-55)56-38-20-6-21-39-56)62(67-48-53-32-14-3-15-33-53)61(66-47-52-30-12-2-13-31-52)50-69-64(57-40-22-7-23-41-57,58-42-24-8-25-43-58)59-44-26-9-27-45-59/h1-45,60-62H,46-50H2. The summed E-state index contributed by atoms with van der Waals surface area (Å²) in [6.45, 7) is 1.16. The highest BCUT2D eigenvalue weighted by Gasteiger charge is 2.43. The van der Waals surface area contributed by atoms with Crippen molar-refractivity contribution >= 4 is 0 Å². The summed E-state index contributed by atoms with van der Waals surface area (Å²) in [5.74, 6) is 0. The SMILES string of the molecule is c1ccc(COC(COC(c2ccccc2)(c2ccccc2)c2ccccc2)C(OCc2ccccc2)C(COC(c2ccccc2)(c2ccccc2)c2ccccc2)OCc2ccccc2)cc1. The van der Waals surface area contributed by atoms with E-state index in [1.165, 1.54) is 0 Å². The summed E-state index contributed by atoms with van der Waals surface area (Å²) in [5, 5.41) is 0. The minimum absolute atomic E-state index is 0.122. The van der Waals surface area contributed by atoms with Crippen molar-refractivity contribution in [2.75, 3.05) is 13.2 Å². The summed E-state index contributed by atoms with van der Waals surface area (Å²) in [6, 6.07) is 93.5. The van der Waals surface area contributed by atoms with E-state index in [2.05, 4.69) is 182 Å². The first kappa shape index (κ1) is 46.9. The molecule has 0 radical (unpaired) electrons. The molecule has 0 bridgehead atoms. The highest BCUT2D eigenvalue weighted by molar-refractivity contribution is 5.49. The molecule has 0 aliphatic carbocycles. The summed E-state index contributed by atoms with van der Waals surface area (Å²) in [6.07, 6.45) is -2.10. The average molecular weight is 907 g/mol. The van der Waals surface area contributed by atoms with Gasteiger partial charge in [-0.25, -0.2) is 0 Å². The quantitative estimate of drug-likeness (QED) is 0.0599. The lowest BCUT2D eigenvalue weighted by molar-refractivity contribution is -0.193. The summed E-state index contributed by atoms with van der Waals surface area (Å²) >= 11 is 0. The van der Waals surface area contributed by atoms with Gasteiger partial charge in [0.15, 0.2) is 0 Å². The molecule has 0 fully saturated rings. The summed E-state index contributed by atoms with van der Waals surface area (Å²) in [7, 11) is 0. The number of ether oxygens (including phenoxy) is 5. The zero-order valence-electron chi connectivity index (χ0n) is 38.8. The predicted octanol–water partition coefficient (Wildman–Crippen LogP) is 13.8. The molecule has 69 heavy (non-hydrogen) atoms. The number of hydrogen-bond acceptors (Lipinski definition) is 5.